The molecule has 0 radical (unpaired) electrons. The van der Waals surface area contributed by atoms with Crippen LogP contribution in [0.1, 0.15) is 33.4 Å². The lowest BCUT2D eigenvalue weighted by Gasteiger charge is -2.15. The van der Waals surface area contributed by atoms with Crippen molar-refractivity contribution in [1.29, 1.82) is 0 Å². The van der Waals surface area contributed by atoms with Gasteiger partial charge in [-0.1, -0.05) is 39.3 Å². The zero-order valence-corrected chi connectivity index (χ0v) is 12.8. The molecule has 104 valence electrons. The lowest BCUT2D eigenvalue weighted by atomic mass is 9.92. The van der Waals surface area contributed by atoms with Gasteiger partial charge >= 0.3 is 0 Å². The number of hydrogen-bond acceptors (Lipinski definition) is 4. The van der Waals surface area contributed by atoms with Gasteiger partial charge in [0.25, 0.3) is 0 Å². The Hall–Kier alpha value is -0.750. The molecule has 0 unspecified atom stereocenters. The van der Waals surface area contributed by atoms with Gasteiger partial charge < -0.3 is 5.73 Å². The quantitative estimate of drug-likeness (QED) is 0.919. The predicted octanol–water partition coefficient (Wildman–Crippen LogP) is 1.85. The summed E-state index contributed by atoms with van der Waals surface area (Å²) in [6.07, 6.45) is 0. The van der Waals surface area contributed by atoms with Gasteiger partial charge in [-0.2, -0.15) is 5.10 Å². The maximum atomic E-state index is 11.5. The number of sulfone groups is 1. The third-order valence-electron chi connectivity index (χ3n) is 2.70. The summed E-state index contributed by atoms with van der Waals surface area (Å²) in [6, 6.07) is 0. The van der Waals surface area contributed by atoms with Gasteiger partial charge in [-0.25, -0.2) is 13.1 Å². The Kier molecular flexibility index (Phi) is 4.33. The monoisotopic (exact) mass is 293 g/mol. The van der Waals surface area contributed by atoms with Crippen molar-refractivity contribution in [1.82, 2.24) is 9.78 Å². The molecule has 0 aliphatic carbocycles. The van der Waals surface area contributed by atoms with Crippen LogP contribution >= 0.6 is 11.6 Å². The van der Waals surface area contributed by atoms with Gasteiger partial charge in [0, 0.05) is 11.2 Å². The molecule has 1 rings (SSSR count). The molecule has 1 aromatic heterocycles. The second kappa shape index (κ2) is 5.09. The zero-order valence-electron chi connectivity index (χ0n) is 11.2. The molecule has 5 nitrogen and oxygen atoms in total. The van der Waals surface area contributed by atoms with E-state index in [1.807, 2.05) is 20.8 Å². The highest BCUT2D eigenvalue weighted by Crippen LogP contribution is 2.32. The summed E-state index contributed by atoms with van der Waals surface area (Å²) in [5, 5.41) is 4.73. The molecule has 0 saturated heterocycles. The van der Waals surface area contributed by atoms with Crippen LogP contribution in [-0.2, 0) is 21.8 Å². The Morgan fingerprint density at radius 1 is 1.39 bits per heavy atom. The van der Waals surface area contributed by atoms with Crippen molar-refractivity contribution >= 4 is 27.3 Å². The van der Waals surface area contributed by atoms with E-state index in [0.717, 1.165) is 0 Å². The molecule has 0 aliphatic heterocycles. The standard InChI is InChI=1S/C11H20ClN3O2S/c1-5-18(16,17)7-6-15-10(13)8(12)9(14-15)11(2,3)4/h5-7,13H2,1-4H3. The smallest absolute Gasteiger partial charge is 0.151 e. The Labute approximate surface area is 113 Å². The number of anilines is 1. The highest BCUT2D eigenvalue weighted by molar-refractivity contribution is 7.91. The fourth-order valence-electron chi connectivity index (χ4n) is 1.47. The second-order valence-electron chi connectivity index (χ2n) is 5.26. The number of nitrogens with zero attached hydrogens (tertiary/aromatic N) is 2. The van der Waals surface area contributed by atoms with Gasteiger partial charge in [-0.3, -0.25) is 0 Å². The molecule has 0 bridgehead atoms. The van der Waals surface area contributed by atoms with Crippen LogP contribution in [0.3, 0.4) is 0 Å². The van der Waals surface area contributed by atoms with Crippen molar-refractivity contribution in [3.05, 3.63) is 10.7 Å². The fraction of sp³-hybridized carbons (Fsp3) is 0.727. The molecule has 0 spiro atoms. The van der Waals surface area contributed by atoms with E-state index in [2.05, 4.69) is 5.10 Å². The van der Waals surface area contributed by atoms with Crippen LogP contribution in [0.5, 0.6) is 0 Å². The van der Waals surface area contributed by atoms with Crippen molar-refractivity contribution in [3.63, 3.8) is 0 Å². The molecule has 0 aromatic carbocycles. The maximum Gasteiger partial charge on any atom is 0.151 e. The Morgan fingerprint density at radius 3 is 2.33 bits per heavy atom. The first-order valence-electron chi connectivity index (χ1n) is 5.81. The van der Waals surface area contributed by atoms with Crippen molar-refractivity contribution in [2.75, 3.05) is 17.2 Å². The van der Waals surface area contributed by atoms with Gasteiger partial charge in [0.2, 0.25) is 0 Å². The largest absolute Gasteiger partial charge is 0.383 e. The van der Waals surface area contributed by atoms with Crippen molar-refractivity contribution in [2.45, 2.75) is 39.7 Å². The molecule has 0 aliphatic rings. The molecule has 2 N–H and O–H groups in total. The normalized spacial score (nSPS) is 12.9. The molecular formula is C11H20ClN3O2S. The average molecular weight is 294 g/mol. The minimum absolute atomic E-state index is 0.0231. The molecule has 0 amide bonds. The van der Waals surface area contributed by atoms with E-state index in [9.17, 15) is 8.42 Å². The number of aryl methyl sites for hydroxylation is 1. The first kappa shape index (κ1) is 15.3. The molecule has 0 fully saturated rings. The number of halogens is 1. The van der Waals surface area contributed by atoms with Crippen LogP contribution in [0.2, 0.25) is 5.02 Å². The van der Waals surface area contributed by atoms with E-state index in [0.29, 0.717) is 16.5 Å². The van der Waals surface area contributed by atoms with E-state index in [1.54, 1.807) is 6.92 Å². The summed E-state index contributed by atoms with van der Waals surface area (Å²) in [6.45, 7) is 7.79. The number of hydrogen-bond donors (Lipinski definition) is 1. The highest BCUT2D eigenvalue weighted by atomic mass is 35.5. The first-order valence-corrected chi connectivity index (χ1v) is 8.01. The molecule has 0 saturated carbocycles. The van der Waals surface area contributed by atoms with E-state index >= 15 is 0 Å². The highest BCUT2D eigenvalue weighted by Gasteiger charge is 2.25. The molecular weight excluding hydrogens is 274 g/mol. The van der Waals surface area contributed by atoms with E-state index < -0.39 is 9.84 Å². The van der Waals surface area contributed by atoms with Crippen molar-refractivity contribution in [3.8, 4) is 0 Å². The van der Waals surface area contributed by atoms with Crippen LogP contribution in [0.25, 0.3) is 0 Å². The Balaban J connectivity index is 3.00. The van der Waals surface area contributed by atoms with Gasteiger partial charge in [0.15, 0.2) is 9.84 Å². The summed E-state index contributed by atoms with van der Waals surface area (Å²) >= 11 is 6.12. The molecule has 0 atom stereocenters. The summed E-state index contributed by atoms with van der Waals surface area (Å²) in [5.74, 6) is 0.469. The molecule has 7 heteroatoms. The number of nitrogens with two attached hydrogens (primary N) is 1. The minimum Gasteiger partial charge on any atom is -0.383 e. The Morgan fingerprint density at radius 2 is 1.94 bits per heavy atom. The van der Waals surface area contributed by atoms with Gasteiger partial charge in [-0.15, -0.1) is 0 Å². The third-order valence-corrected chi connectivity index (χ3v) is 4.75. The van der Waals surface area contributed by atoms with Crippen molar-refractivity contribution < 1.29 is 8.42 Å². The minimum atomic E-state index is -3.03. The van der Waals surface area contributed by atoms with E-state index in [4.69, 9.17) is 17.3 Å². The molecule has 1 aromatic rings. The van der Waals surface area contributed by atoms with E-state index in [-0.39, 0.29) is 23.5 Å². The summed E-state index contributed by atoms with van der Waals surface area (Å²) in [7, 11) is -3.03. The Bertz CT molecular complexity index is 529. The number of nitrogen functional groups attached to an aromatic ring is 1. The van der Waals surface area contributed by atoms with Crippen LogP contribution in [-0.4, -0.2) is 29.7 Å². The van der Waals surface area contributed by atoms with Crippen LogP contribution in [0.4, 0.5) is 5.82 Å². The number of rotatable bonds is 4. The third kappa shape index (κ3) is 3.38. The summed E-state index contributed by atoms with van der Waals surface area (Å²) < 4.78 is 24.4. The lowest BCUT2D eigenvalue weighted by molar-refractivity contribution is 0.539. The first-order chi connectivity index (χ1) is 8.08. The number of aromatic nitrogens is 2. The van der Waals surface area contributed by atoms with Gasteiger partial charge in [0.1, 0.15) is 10.8 Å². The van der Waals surface area contributed by atoms with Crippen molar-refractivity contribution in [2.24, 2.45) is 0 Å². The van der Waals surface area contributed by atoms with Gasteiger partial charge in [-0.05, 0) is 0 Å². The topological polar surface area (TPSA) is 78.0 Å². The van der Waals surface area contributed by atoms with Crippen LogP contribution < -0.4 is 5.73 Å². The maximum absolute atomic E-state index is 11.5. The average Bonchev–Trinajstić information content (AvgIpc) is 2.53. The SMILES string of the molecule is CCS(=O)(=O)CCn1nc(C(C)(C)C)c(Cl)c1N. The predicted molar refractivity (Wildman–Crippen MR) is 74.7 cm³/mol. The summed E-state index contributed by atoms with van der Waals surface area (Å²) in [4.78, 5) is 0. The molecule has 18 heavy (non-hydrogen) atoms. The van der Waals surface area contributed by atoms with E-state index in [1.165, 1.54) is 4.68 Å². The van der Waals surface area contributed by atoms with Gasteiger partial charge in [0.05, 0.1) is 18.0 Å². The zero-order chi connectivity index (χ0) is 14.1. The molecule has 1 heterocycles. The second-order valence-corrected chi connectivity index (χ2v) is 8.11. The van der Waals surface area contributed by atoms with Crippen LogP contribution in [0, 0.1) is 0 Å². The van der Waals surface area contributed by atoms with Crippen LogP contribution in [0.15, 0.2) is 0 Å². The summed E-state index contributed by atoms with van der Waals surface area (Å²) in [5.41, 5.74) is 6.31. The fourth-order valence-corrected chi connectivity index (χ4v) is 2.63. The lowest BCUT2D eigenvalue weighted by Crippen LogP contribution is -2.18.